The number of hydrogen-bond acceptors (Lipinski definition) is 7. The molecule has 3 aromatic carbocycles. The Balaban J connectivity index is 0.840. The zero-order valence-electron chi connectivity index (χ0n) is 29.2. The van der Waals surface area contributed by atoms with Gasteiger partial charge in [-0.2, -0.15) is 10.1 Å². The molecule has 2 saturated heterocycles. The largest absolute Gasteiger partial charge is 0.473 e. The van der Waals surface area contributed by atoms with Crippen molar-refractivity contribution in [2.45, 2.75) is 69.6 Å². The lowest BCUT2D eigenvalue weighted by atomic mass is 9.90. The monoisotopic (exact) mass is 731 g/mol. The van der Waals surface area contributed by atoms with E-state index in [1.54, 1.807) is 18.2 Å². The highest BCUT2D eigenvalue weighted by molar-refractivity contribution is 6.30. The van der Waals surface area contributed by atoms with E-state index in [1.807, 2.05) is 42.5 Å². The molecule has 0 radical (unpaired) electrons. The molecule has 5 heterocycles. The van der Waals surface area contributed by atoms with Gasteiger partial charge in [0.25, 0.3) is 5.91 Å². The summed E-state index contributed by atoms with van der Waals surface area (Å²) in [5, 5.41) is 12.1. The number of carbonyl (C=O) groups excluding carboxylic acids is 1. The van der Waals surface area contributed by atoms with Crippen LogP contribution >= 0.6 is 11.6 Å². The number of aromatic nitrogens is 5. The van der Waals surface area contributed by atoms with E-state index in [1.165, 1.54) is 6.07 Å². The summed E-state index contributed by atoms with van der Waals surface area (Å²) in [6.07, 6.45) is 6.73. The Bertz CT molecular complexity index is 2380. The predicted octanol–water partition coefficient (Wildman–Crippen LogP) is 8.37. The molecule has 1 amide bonds. The lowest BCUT2D eigenvalue weighted by Gasteiger charge is -2.34. The van der Waals surface area contributed by atoms with Crippen LogP contribution in [0.4, 0.5) is 15.9 Å². The number of benzene rings is 3. The molecular weight excluding hydrogens is 693 g/mol. The Hall–Kier alpha value is -5.00. The first-order valence-corrected chi connectivity index (χ1v) is 19.0. The van der Waals surface area contributed by atoms with Gasteiger partial charge in [-0.3, -0.25) is 9.89 Å². The van der Waals surface area contributed by atoms with Crippen LogP contribution < -0.4 is 15.0 Å². The predicted molar refractivity (Wildman–Crippen MR) is 201 cm³/mol. The van der Waals surface area contributed by atoms with E-state index in [9.17, 15) is 9.18 Å². The minimum atomic E-state index is -0.392. The highest BCUT2D eigenvalue weighted by Gasteiger charge is 2.57. The molecule has 3 aromatic heterocycles. The Morgan fingerprint density at radius 2 is 1.89 bits per heavy atom. The number of piperidine rings is 1. The van der Waals surface area contributed by atoms with Crippen molar-refractivity contribution in [1.82, 2.24) is 24.7 Å². The molecule has 53 heavy (non-hydrogen) atoms. The van der Waals surface area contributed by atoms with Gasteiger partial charge in [0.2, 0.25) is 5.88 Å². The first-order valence-electron chi connectivity index (χ1n) is 18.6. The Morgan fingerprint density at radius 3 is 2.68 bits per heavy atom. The molecule has 4 fully saturated rings. The van der Waals surface area contributed by atoms with E-state index in [2.05, 4.69) is 31.0 Å². The van der Waals surface area contributed by atoms with E-state index in [0.717, 1.165) is 110 Å². The molecule has 0 bridgehead atoms. The molecule has 10 nitrogen and oxygen atoms in total. The van der Waals surface area contributed by atoms with Crippen LogP contribution in [0, 0.1) is 11.2 Å². The zero-order valence-corrected chi connectivity index (χ0v) is 29.9. The molecule has 6 aromatic rings. The van der Waals surface area contributed by atoms with Crippen LogP contribution in [0.3, 0.4) is 0 Å². The fourth-order valence-corrected chi connectivity index (χ4v) is 8.43. The minimum absolute atomic E-state index is 0.0778. The average Bonchev–Trinajstić information content (AvgIpc) is 4.04. The fourth-order valence-electron chi connectivity index (χ4n) is 8.27. The topological polar surface area (TPSA) is 110 Å². The first-order chi connectivity index (χ1) is 25.9. The number of amides is 1. The smallest absolute Gasteiger partial charge is 0.255 e. The summed E-state index contributed by atoms with van der Waals surface area (Å²) in [5.41, 5.74) is 5.95. The maximum Gasteiger partial charge on any atom is 0.255 e. The van der Waals surface area contributed by atoms with Crippen molar-refractivity contribution in [1.29, 1.82) is 0 Å². The van der Waals surface area contributed by atoms with Gasteiger partial charge in [-0.25, -0.2) is 9.37 Å². The second-order valence-electron chi connectivity index (χ2n) is 15.1. The van der Waals surface area contributed by atoms with Gasteiger partial charge in [0.1, 0.15) is 24.1 Å². The van der Waals surface area contributed by atoms with E-state index in [0.29, 0.717) is 33.9 Å². The van der Waals surface area contributed by atoms with Gasteiger partial charge in [0, 0.05) is 70.5 Å². The standard InChI is InChI=1S/C41H39ClFN7O3/c42-27-8-6-26(32(43)19-27)23-53-37-3-1-2-36(46-37)49-15-13-41(14-16-49)21-31(41)39-45-34-20-28(9-11-35(34)50(39)22-29-12-17-52-29)44-40(51)25-7-10-33-30(18-25)38(48-47-33)24-4-5-24/h1-3,6-11,18-20,24,29,31H,4-5,12-17,21-23H2,(H,44,51)(H,47,48). The highest BCUT2D eigenvalue weighted by atomic mass is 35.5. The third-order valence-electron chi connectivity index (χ3n) is 11.7. The number of fused-ring (bicyclic) bond motifs is 2. The molecule has 2 saturated carbocycles. The summed E-state index contributed by atoms with van der Waals surface area (Å²) in [4.78, 5) is 25.8. The van der Waals surface area contributed by atoms with Gasteiger partial charge in [0.15, 0.2) is 0 Å². The first kappa shape index (κ1) is 32.6. The molecule has 2 unspecified atom stereocenters. The Labute approximate surface area is 310 Å². The zero-order chi connectivity index (χ0) is 35.7. The van der Waals surface area contributed by atoms with E-state index >= 15 is 0 Å². The van der Waals surface area contributed by atoms with Crippen molar-refractivity contribution >= 4 is 50.9 Å². The fraction of sp³-hybridized carbons (Fsp3) is 0.366. The number of nitrogens with one attached hydrogen (secondary N) is 2. The number of aromatic amines is 1. The van der Waals surface area contributed by atoms with Crippen molar-refractivity contribution < 1.29 is 18.7 Å². The molecule has 2 aliphatic heterocycles. The molecular formula is C41H39ClFN7O3. The number of carbonyl (C=O) groups is 1. The van der Waals surface area contributed by atoms with Crippen LogP contribution in [-0.2, 0) is 17.9 Å². The minimum Gasteiger partial charge on any atom is -0.473 e. The number of anilines is 2. The number of pyridine rings is 1. The van der Waals surface area contributed by atoms with Gasteiger partial charge >= 0.3 is 0 Å². The van der Waals surface area contributed by atoms with E-state index < -0.39 is 5.82 Å². The van der Waals surface area contributed by atoms with Crippen molar-refractivity contribution in [3.05, 3.63) is 106 Å². The third kappa shape index (κ3) is 6.19. The quantitative estimate of drug-likeness (QED) is 0.146. The van der Waals surface area contributed by atoms with Gasteiger partial charge in [-0.1, -0.05) is 23.7 Å². The lowest BCUT2D eigenvalue weighted by Crippen LogP contribution is -2.36. The molecule has 2 aliphatic carbocycles. The maximum atomic E-state index is 14.3. The van der Waals surface area contributed by atoms with Crippen LogP contribution in [0.5, 0.6) is 5.88 Å². The summed E-state index contributed by atoms with van der Waals surface area (Å²) in [6, 6.07) is 22.1. The van der Waals surface area contributed by atoms with E-state index in [4.69, 9.17) is 31.0 Å². The van der Waals surface area contributed by atoms with Crippen LogP contribution in [0.2, 0.25) is 5.02 Å². The highest BCUT2D eigenvalue weighted by Crippen LogP contribution is 2.65. The number of imidazole rings is 1. The maximum absolute atomic E-state index is 14.3. The van der Waals surface area contributed by atoms with Gasteiger partial charge in [-0.05, 0) is 98.5 Å². The average molecular weight is 732 g/mol. The summed E-state index contributed by atoms with van der Waals surface area (Å²) in [6.45, 7) is 3.42. The van der Waals surface area contributed by atoms with Crippen LogP contribution in [0.1, 0.15) is 77.8 Å². The normalized spacial score (nSPS) is 20.5. The van der Waals surface area contributed by atoms with Crippen molar-refractivity contribution in [2.24, 2.45) is 5.41 Å². The van der Waals surface area contributed by atoms with E-state index in [-0.39, 0.29) is 24.0 Å². The number of H-pyrrole nitrogens is 1. The summed E-state index contributed by atoms with van der Waals surface area (Å²) in [5.74, 6) is 2.78. The summed E-state index contributed by atoms with van der Waals surface area (Å²) < 4.78 is 28.4. The number of hydrogen-bond donors (Lipinski definition) is 2. The molecule has 10 rings (SSSR count). The Morgan fingerprint density at radius 1 is 1.02 bits per heavy atom. The van der Waals surface area contributed by atoms with Crippen LogP contribution in [-0.4, -0.2) is 56.4 Å². The summed E-state index contributed by atoms with van der Waals surface area (Å²) >= 11 is 5.90. The molecule has 12 heteroatoms. The third-order valence-corrected chi connectivity index (χ3v) is 12.0. The SMILES string of the molecule is O=C(Nc1ccc2c(c1)nc(C1CC13CCN(c1cccc(OCc4ccc(Cl)cc4F)n1)CC3)n2CC1CCO1)c1ccc2n[nH]c(C3CC3)c2c1. The second kappa shape index (κ2) is 12.8. The Kier molecular flexibility index (Phi) is 7.91. The lowest BCUT2D eigenvalue weighted by molar-refractivity contribution is -0.0590. The molecule has 4 aliphatic rings. The molecule has 2 N–H and O–H groups in total. The second-order valence-corrected chi connectivity index (χ2v) is 15.6. The molecule has 2 atom stereocenters. The number of halogens is 2. The van der Waals surface area contributed by atoms with Crippen LogP contribution in [0.25, 0.3) is 21.9 Å². The van der Waals surface area contributed by atoms with Gasteiger partial charge < -0.3 is 24.3 Å². The summed E-state index contributed by atoms with van der Waals surface area (Å²) in [7, 11) is 0. The van der Waals surface area contributed by atoms with Crippen LogP contribution in [0.15, 0.2) is 72.8 Å². The van der Waals surface area contributed by atoms with Gasteiger partial charge in [0.05, 0.1) is 29.2 Å². The molecule has 1 spiro atoms. The molecule has 270 valence electrons. The van der Waals surface area contributed by atoms with Gasteiger partial charge in [-0.15, -0.1) is 0 Å². The number of rotatable bonds is 10. The van der Waals surface area contributed by atoms with Crippen molar-refractivity contribution in [3.8, 4) is 5.88 Å². The van der Waals surface area contributed by atoms with Crippen molar-refractivity contribution in [2.75, 3.05) is 29.9 Å². The number of ether oxygens (including phenoxy) is 2. The number of nitrogens with zero attached hydrogens (tertiary/aromatic N) is 5. The van der Waals surface area contributed by atoms with Crippen molar-refractivity contribution in [3.63, 3.8) is 0 Å².